The smallest absolute Gasteiger partial charge is 0.209 e. The first kappa shape index (κ1) is 13.9. The summed E-state index contributed by atoms with van der Waals surface area (Å²) in [4.78, 5) is 10.5. The predicted octanol–water partition coefficient (Wildman–Crippen LogP) is 5.42. The van der Waals surface area contributed by atoms with Crippen LogP contribution < -0.4 is 0 Å². The van der Waals surface area contributed by atoms with Gasteiger partial charge in [-0.15, -0.1) is 0 Å². The number of benzene rings is 2. The van der Waals surface area contributed by atoms with E-state index in [9.17, 15) is 0 Å². The Kier molecular flexibility index (Phi) is 3.64. The quantitative estimate of drug-likeness (QED) is 0.554. The molecule has 1 aromatic heterocycles. The summed E-state index contributed by atoms with van der Waals surface area (Å²) in [6, 6.07) is 16.7. The zero-order valence-electron chi connectivity index (χ0n) is 11.8. The second-order valence-electron chi connectivity index (χ2n) is 5.24. The zero-order valence-corrected chi connectivity index (χ0v) is 14.2. The normalized spacial score (nSPS) is 13.1. The van der Waals surface area contributed by atoms with E-state index in [0.29, 0.717) is 0 Å². The maximum absolute atomic E-state index is 4.70. The van der Waals surface area contributed by atoms with Crippen LogP contribution in [-0.2, 0) is 12.8 Å². The second kappa shape index (κ2) is 5.78. The second-order valence-corrected chi connectivity index (χ2v) is 7.14. The van der Waals surface area contributed by atoms with E-state index in [-0.39, 0.29) is 0 Å². The van der Waals surface area contributed by atoms with Gasteiger partial charge in [0.25, 0.3) is 0 Å². The molecular formula is C18H13BrN2S. The largest absolute Gasteiger partial charge is 0.227 e. The molecule has 0 radical (unpaired) electrons. The maximum atomic E-state index is 4.70. The van der Waals surface area contributed by atoms with Crippen LogP contribution in [0.5, 0.6) is 0 Å². The third kappa shape index (κ3) is 2.64. The van der Waals surface area contributed by atoms with Gasteiger partial charge in [0, 0.05) is 10.7 Å². The van der Waals surface area contributed by atoms with Gasteiger partial charge < -0.3 is 0 Å². The Morgan fingerprint density at radius 1 is 1.09 bits per heavy atom. The van der Waals surface area contributed by atoms with Crippen LogP contribution in [-0.4, -0.2) is 11.2 Å². The Hall–Kier alpha value is -1.78. The molecule has 1 heterocycles. The molecule has 0 atom stereocenters. The first-order valence-corrected chi connectivity index (χ1v) is 8.78. The van der Waals surface area contributed by atoms with Gasteiger partial charge in [0.15, 0.2) is 0 Å². The van der Waals surface area contributed by atoms with Crippen molar-refractivity contribution in [2.75, 3.05) is 0 Å². The minimum atomic E-state index is 0.835. The van der Waals surface area contributed by atoms with Gasteiger partial charge in [-0.25, -0.2) is 9.98 Å². The van der Waals surface area contributed by atoms with Gasteiger partial charge in [-0.2, -0.15) is 0 Å². The third-order valence-electron chi connectivity index (χ3n) is 3.75. The lowest BCUT2D eigenvalue weighted by Gasteiger charge is -2.13. The predicted molar refractivity (Wildman–Crippen MR) is 96.4 cm³/mol. The number of aryl methyl sites for hydroxylation is 2. The lowest BCUT2D eigenvalue weighted by Crippen LogP contribution is -2.01. The van der Waals surface area contributed by atoms with Gasteiger partial charge >= 0.3 is 0 Å². The van der Waals surface area contributed by atoms with Crippen molar-refractivity contribution in [3.63, 3.8) is 0 Å². The molecular weight excluding hydrogens is 356 g/mol. The first-order chi connectivity index (χ1) is 10.8. The highest BCUT2D eigenvalue weighted by Gasteiger charge is 2.19. The van der Waals surface area contributed by atoms with Crippen LogP contribution in [0.1, 0.15) is 16.8 Å². The van der Waals surface area contributed by atoms with Crippen LogP contribution in [0.25, 0.3) is 10.4 Å². The molecule has 1 aliphatic rings. The molecule has 108 valence electrons. The summed E-state index contributed by atoms with van der Waals surface area (Å²) in [6.45, 7) is 0. The number of hydrogen-bond acceptors (Lipinski definition) is 3. The highest BCUT2D eigenvalue weighted by atomic mass is 79.9. The van der Waals surface area contributed by atoms with Crippen molar-refractivity contribution in [1.82, 2.24) is 4.98 Å². The lowest BCUT2D eigenvalue weighted by atomic mass is 9.94. The van der Waals surface area contributed by atoms with Gasteiger partial charge in [0.05, 0.1) is 10.6 Å². The van der Waals surface area contributed by atoms with Crippen LogP contribution in [0.3, 0.4) is 0 Å². The fraction of sp³-hybridized carbons (Fsp3) is 0.111. The fourth-order valence-electron chi connectivity index (χ4n) is 2.70. The monoisotopic (exact) mass is 368 g/mol. The number of aliphatic imine (C=N–C) groups is 1. The van der Waals surface area contributed by atoms with Crippen LogP contribution in [0.2, 0.25) is 0 Å². The van der Waals surface area contributed by atoms with Crippen molar-refractivity contribution in [3.8, 4) is 10.4 Å². The molecule has 0 unspecified atom stereocenters. The summed E-state index contributed by atoms with van der Waals surface area (Å²) in [7, 11) is 0. The standard InChI is InChI=1S/C18H13BrN2S/c19-14-6-3-4-12(10-14)11-20-18-21-16-9-8-13-5-1-2-7-15(13)17(16)22-18/h1-7,10-11H,8-9H2. The van der Waals surface area contributed by atoms with E-state index in [1.165, 1.54) is 21.7 Å². The summed E-state index contributed by atoms with van der Waals surface area (Å²) in [5, 5.41) is 0.835. The molecule has 4 rings (SSSR count). The van der Waals surface area contributed by atoms with Gasteiger partial charge in [-0.3, -0.25) is 0 Å². The summed E-state index contributed by atoms with van der Waals surface area (Å²) < 4.78 is 1.06. The third-order valence-corrected chi connectivity index (χ3v) is 5.28. The molecule has 2 nitrogen and oxygen atoms in total. The van der Waals surface area contributed by atoms with Crippen LogP contribution in [0, 0.1) is 0 Å². The van der Waals surface area contributed by atoms with Crippen LogP contribution in [0.15, 0.2) is 58.0 Å². The maximum Gasteiger partial charge on any atom is 0.209 e. The van der Waals surface area contributed by atoms with E-state index < -0.39 is 0 Å². The SMILES string of the molecule is Brc1cccc(C=Nc2nc3c(s2)-c2ccccc2CC3)c1. The molecule has 0 spiro atoms. The number of halogens is 1. The van der Waals surface area contributed by atoms with E-state index in [1.807, 2.05) is 30.5 Å². The molecule has 22 heavy (non-hydrogen) atoms. The molecule has 0 fully saturated rings. The minimum absolute atomic E-state index is 0.835. The molecule has 1 aliphatic carbocycles. The Morgan fingerprint density at radius 2 is 2.00 bits per heavy atom. The summed E-state index contributed by atoms with van der Waals surface area (Å²) in [5.74, 6) is 0. The first-order valence-electron chi connectivity index (χ1n) is 7.17. The van der Waals surface area contributed by atoms with Crippen molar-refractivity contribution >= 4 is 38.6 Å². The molecule has 0 amide bonds. The summed E-state index contributed by atoms with van der Waals surface area (Å²) >= 11 is 5.16. The van der Waals surface area contributed by atoms with Crippen molar-refractivity contribution < 1.29 is 0 Å². The average Bonchev–Trinajstić information content (AvgIpc) is 2.97. The Labute approximate surface area is 141 Å². The summed E-state index contributed by atoms with van der Waals surface area (Å²) in [5.41, 5.74) is 5.00. The van der Waals surface area contributed by atoms with E-state index in [4.69, 9.17) is 4.98 Å². The number of rotatable bonds is 2. The number of aromatic nitrogens is 1. The molecule has 0 aliphatic heterocycles. The molecule has 0 bridgehead atoms. The van der Waals surface area contributed by atoms with E-state index >= 15 is 0 Å². The molecule has 0 N–H and O–H groups in total. The van der Waals surface area contributed by atoms with Gasteiger partial charge in [0.1, 0.15) is 0 Å². The van der Waals surface area contributed by atoms with Gasteiger partial charge in [-0.05, 0) is 41.7 Å². The van der Waals surface area contributed by atoms with Gasteiger partial charge in [0.2, 0.25) is 5.13 Å². The Morgan fingerprint density at radius 3 is 2.91 bits per heavy atom. The van der Waals surface area contributed by atoms with E-state index in [2.05, 4.69) is 45.2 Å². The minimum Gasteiger partial charge on any atom is -0.227 e. The molecule has 2 aromatic carbocycles. The summed E-state index contributed by atoms with van der Waals surface area (Å²) in [6.07, 6.45) is 3.96. The molecule has 3 aromatic rings. The Bertz CT molecular complexity index is 867. The van der Waals surface area contributed by atoms with E-state index in [0.717, 1.165) is 28.0 Å². The topological polar surface area (TPSA) is 25.2 Å². The lowest BCUT2D eigenvalue weighted by molar-refractivity contribution is 0.910. The van der Waals surface area contributed by atoms with Crippen molar-refractivity contribution in [2.24, 2.45) is 4.99 Å². The Balaban J connectivity index is 1.68. The van der Waals surface area contributed by atoms with Crippen molar-refractivity contribution in [2.45, 2.75) is 12.8 Å². The number of nitrogens with zero attached hydrogens (tertiary/aromatic N) is 2. The number of thiazole rings is 1. The number of fused-ring (bicyclic) bond motifs is 3. The average molecular weight is 369 g/mol. The molecule has 0 saturated heterocycles. The fourth-order valence-corrected chi connectivity index (χ4v) is 4.14. The molecule has 0 saturated carbocycles. The van der Waals surface area contributed by atoms with Crippen LogP contribution in [0.4, 0.5) is 5.13 Å². The molecule has 4 heteroatoms. The highest BCUT2D eigenvalue weighted by molar-refractivity contribution is 9.10. The van der Waals surface area contributed by atoms with Crippen molar-refractivity contribution in [3.05, 3.63) is 69.8 Å². The van der Waals surface area contributed by atoms with Gasteiger partial charge in [-0.1, -0.05) is 63.7 Å². The van der Waals surface area contributed by atoms with E-state index in [1.54, 1.807) is 11.3 Å². The highest BCUT2D eigenvalue weighted by Crippen LogP contribution is 2.40. The zero-order chi connectivity index (χ0) is 14.9. The van der Waals surface area contributed by atoms with Crippen molar-refractivity contribution in [1.29, 1.82) is 0 Å². The van der Waals surface area contributed by atoms with Crippen LogP contribution >= 0.6 is 27.3 Å². The number of hydrogen-bond donors (Lipinski definition) is 0.